The van der Waals surface area contributed by atoms with Gasteiger partial charge in [0, 0.05) is 70.6 Å². The maximum Gasteiger partial charge on any atom is 0.0886 e. The van der Waals surface area contributed by atoms with Crippen LogP contribution >= 0.6 is 0 Å². The Morgan fingerprint density at radius 3 is 0.538 bits per heavy atom. The summed E-state index contributed by atoms with van der Waals surface area (Å²) in [7, 11) is 0. The van der Waals surface area contributed by atoms with E-state index in [9.17, 15) is 0 Å². The van der Waals surface area contributed by atoms with Crippen molar-refractivity contribution in [3.8, 4) is 234 Å². The quantitative estimate of drug-likeness (QED) is 0.0713. The zero-order valence-corrected chi connectivity index (χ0v) is 72.2. The predicted molar refractivity (Wildman–Crippen MR) is 547 cm³/mol. The molecule has 0 atom stereocenters. The molecule has 0 fully saturated rings. The number of aromatic nitrogens is 6. The number of nitrogens with zero attached hydrogens (tertiary/aromatic N) is 6. The first-order valence-corrected chi connectivity index (χ1v) is 44.7. The van der Waals surface area contributed by atoms with E-state index >= 15 is 0 Å². The van der Waals surface area contributed by atoms with Crippen molar-refractivity contribution in [3.63, 3.8) is 0 Å². The molecule has 0 radical (unpaired) electrons. The third-order valence-electron chi connectivity index (χ3n) is 25.2. The van der Waals surface area contributed by atoms with Crippen molar-refractivity contribution in [2.45, 2.75) is 0 Å². The Hall–Kier alpha value is -17.6. The fraction of sp³-hybridized carbons (Fsp3) is 0. The molecule has 0 aliphatic carbocycles. The van der Waals surface area contributed by atoms with E-state index in [0.29, 0.717) is 0 Å². The summed E-state index contributed by atoms with van der Waals surface area (Å²) in [6, 6.07) is 170. The van der Waals surface area contributed by atoms with Gasteiger partial charge in [-0.25, -0.2) is 0 Å². The van der Waals surface area contributed by atoms with E-state index in [1.807, 2.05) is 61.4 Å². The van der Waals surface area contributed by atoms with Gasteiger partial charge < -0.3 is 0 Å². The van der Waals surface area contributed by atoms with E-state index in [0.717, 1.165) is 212 Å². The van der Waals surface area contributed by atoms with E-state index in [4.69, 9.17) is 19.9 Å². The van der Waals surface area contributed by atoms with Crippen molar-refractivity contribution in [1.29, 1.82) is 0 Å². The molecule has 22 rings (SSSR count). The zero-order chi connectivity index (χ0) is 87.9. The van der Waals surface area contributed by atoms with Crippen LogP contribution in [-0.2, 0) is 0 Å². The zero-order valence-electron chi connectivity index (χ0n) is 72.2. The molecule has 0 N–H and O–H groups in total. The molecule has 22 aromatic rings. The molecule has 0 saturated carbocycles. The van der Waals surface area contributed by atoms with Crippen molar-refractivity contribution < 1.29 is 0 Å². The van der Waals surface area contributed by atoms with Crippen molar-refractivity contribution >= 4 is 0 Å². The fourth-order valence-electron chi connectivity index (χ4n) is 18.4. The molecule has 0 aliphatic rings. The number of benzene rings is 16. The van der Waals surface area contributed by atoms with Crippen LogP contribution in [0.25, 0.3) is 234 Å². The summed E-state index contributed by atoms with van der Waals surface area (Å²) in [6.45, 7) is 0. The van der Waals surface area contributed by atoms with E-state index in [1.165, 1.54) is 22.3 Å². The van der Waals surface area contributed by atoms with Gasteiger partial charge in [-0.3, -0.25) is 29.9 Å². The van der Waals surface area contributed by atoms with Crippen LogP contribution < -0.4 is 0 Å². The lowest BCUT2D eigenvalue weighted by atomic mass is 9.86. The highest BCUT2D eigenvalue weighted by atomic mass is 14.8. The number of hydrogen-bond donors (Lipinski definition) is 0. The highest BCUT2D eigenvalue weighted by Gasteiger charge is 2.22. The van der Waals surface area contributed by atoms with Crippen molar-refractivity contribution in [3.05, 3.63) is 510 Å². The van der Waals surface area contributed by atoms with Gasteiger partial charge in [0.1, 0.15) is 0 Å². The van der Waals surface area contributed by atoms with Gasteiger partial charge in [-0.15, -0.1) is 0 Å². The predicted octanol–water partition coefficient (Wildman–Crippen LogP) is 33.1. The van der Waals surface area contributed by atoms with Crippen molar-refractivity contribution in [2.24, 2.45) is 0 Å². The van der Waals surface area contributed by atoms with Gasteiger partial charge in [0.15, 0.2) is 0 Å². The van der Waals surface area contributed by atoms with Gasteiger partial charge in [0.2, 0.25) is 0 Å². The summed E-state index contributed by atoms with van der Waals surface area (Å²) in [5.41, 5.74) is 45.0. The second kappa shape index (κ2) is 36.4. The largest absolute Gasteiger partial charge is 0.256 e. The first-order chi connectivity index (χ1) is 65.4. The van der Waals surface area contributed by atoms with Crippen LogP contribution in [-0.4, -0.2) is 29.9 Å². The van der Waals surface area contributed by atoms with Crippen LogP contribution in [0.5, 0.6) is 0 Å². The van der Waals surface area contributed by atoms with Crippen LogP contribution in [0, 0.1) is 0 Å². The maximum absolute atomic E-state index is 5.26. The Labute approximate surface area is 769 Å². The molecule has 16 aromatic carbocycles. The van der Waals surface area contributed by atoms with Gasteiger partial charge in [-0.05, 0) is 264 Å². The second-order valence-corrected chi connectivity index (χ2v) is 33.2. The molecule has 0 aliphatic heterocycles. The number of hydrogen-bond acceptors (Lipinski definition) is 6. The Morgan fingerprint density at radius 2 is 0.288 bits per heavy atom. The van der Waals surface area contributed by atoms with E-state index in [-0.39, 0.29) is 0 Å². The monoisotopic (exact) mass is 1680 g/mol. The van der Waals surface area contributed by atoms with Gasteiger partial charge in [-0.1, -0.05) is 376 Å². The minimum absolute atomic E-state index is 0.770. The molecule has 0 bridgehead atoms. The summed E-state index contributed by atoms with van der Waals surface area (Å²) >= 11 is 0. The molecule has 618 valence electrons. The minimum atomic E-state index is 0.770. The molecule has 0 saturated heterocycles. The number of rotatable bonds is 21. The molecule has 0 spiro atoms. The molecular weight excluding hydrogens is 1600 g/mol. The lowest BCUT2D eigenvalue weighted by molar-refractivity contribution is 1.25. The van der Waals surface area contributed by atoms with Crippen LogP contribution in [0.15, 0.2) is 510 Å². The van der Waals surface area contributed by atoms with Gasteiger partial charge in [-0.2, -0.15) is 0 Å². The fourth-order valence-corrected chi connectivity index (χ4v) is 18.4. The number of pyridine rings is 6. The van der Waals surface area contributed by atoms with Gasteiger partial charge in [0.05, 0.1) is 34.2 Å². The first-order valence-electron chi connectivity index (χ1n) is 44.7. The molecule has 6 aromatic heterocycles. The smallest absolute Gasteiger partial charge is 0.0886 e. The third kappa shape index (κ3) is 16.8. The Morgan fingerprint density at radius 1 is 0.0909 bits per heavy atom. The SMILES string of the molecule is c1ccc(-c2ccc(-c3ccnc(-c4ccc(-c5ccccc5-c5cc(-c6ccccc6-c6ccc(-c7cc(-c8ccc(-c9ccccc9)cc8)ccn7)cc6)cc(-c6ccccc6-c6ccc(-c7ccc(-c8ccccc8-c8cc(-c9ccccc9-c9ccc(-c%10ccccn%10)cc9)cc(-c9ccccc9-c9ccc(-c%10ccccn%10)cc9)c8)cn7)nc6)c5)cc4)c3)cc2)cc1. The maximum atomic E-state index is 5.26. The van der Waals surface area contributed by atoms with E-state index < -0.39 is 0 Å². The highest BCUT2D eigenvalue weighted by Crippen LogP contribution is 2.47. The van der Waals surface area contributed by atoms with E-state index in [2.05, 4.69) is 459 Å². The minimum Gasteiger partial charge on any atom is -0.256 e. The van der Waals surface area contributed by atoms with Crippen molar-refractivity contribution in [1.82, 2.24) is 29.9 Å². The van der Waals surface area contributed by atoms with Crippen molar-refractivity contribution in [2.75, 3.05) is 0 Å². The summed E-state index contributed by atoms with van der Waals surface area (Å²) in [4.78, 5) is 29.6. The molecule has 0 amide bonds. The topological polar surface area (TPSA) is 77.3 Å². The molecule has 132 heavy (non-hydrogen) atoms. The van der Waals surface area contributed by atoms with Crippen LogP contribution in [0.3, 0.4) is 0 Å². The molecule has 0 unspecified atom stereocenters. The average molecular weight is 1680 g/mol. The summed E-state index contributed by atoms with van der Waals surface area (Å²) in [5.74, 6) is 0. The normalized spacial score (nSPS) is 11.2. The Bertz CT molecular complexity index is 7510. The van der Waals surface area contributed by atoms with Crippen LogP contribution in [0.4, 0.5) is 0 Å². The van der Waals surface area contributed by atoms with Crippen LogP contribution in [0.1, 0.15) is 0 Å². The molecule has 6 heteroatoms. The summed E-state index contributed by atoms with van der Waals surface area (Å²) in [6.07, 6.45) is 11.5. The highest BCUT2D eigenvalue weighted by molar-refractivity contribution is 5.98. The third-order valence-corrected chi connectivity index (χ3v) is 25.2. The van der Waals surface area contributed by atoms with Gasteiger partial charge in [0.25, 0.3) is 0 Å². The lowest BCUT2D eigenvalue weighted by Gasteiger charge is -2.18. The average Bonchev–Trinajstić information content (AvgIpc) is 0.767. The van der Waals surface area contributed by atoms with Gasteiger partial charge >= 0.3 is 0 Å². The summed E-state index contributed by atoms with van der Waals surface area (Å²) in [5, 5.41) is 0. The first kappa shape index (κ1) is 80.3. The molecule has 6 heterocycles. The second-order valence-electron chi connectivity index (χ2n) is 33.2. The molecular formula is C126H84N6. The standard InChI is InChI=1S/C126H84N6/c1-3-23-85(24-4-1)87-41-45-89(46-42-87)99-69-73-129-125(81-99)97-61-53-93(54-62-97)111-29-9-15-35-117(111)105-76-106(118-36-16-10-30-112(118)94-55-63-98(64-56-94)126-82-100(70-74-130-126)90-47-43-88(44-48-90)86-25-5-2-6-26-86)80-108(79-105)120-38-18-12-32-114(120)102-66-68-124(132-84-102)123-67-65-101(83-131-123)113-31-11-17-37-119(113)107-77-103(115-33-13-7-27-109(115)91-49-57-95(58-50-91)121-39-19-21-71-127-121)75-104(78-107)116-34-14-8-28-110(116)92-51-59-96(60-52-92)122-40-20-22-72-128-122/h1-84H. The Balaban J connectivity index is 0.592. The lowest BCUT2D eigenvalue weighted by Crippen LogP contribution is -1.93. The van der Waals surface area contributed by atoms with Crippen LogP contribution in [0.2, 0.25) is 0 Å². The Kier molecular flexibility index (Phi) is 22.1. The van der Waals surface area contributed by atoms with E-state index in [1.54, 1.807) is 0 Å². The summed E-state index contributed by atoms with van der Waals surface area (Å²) < 4.78 is 0. The molecule has 6 nitrogen and oxygen atoms in total.